The molecule has 1 aliphatic heterocycles. The minimum absolute atomic E-state index is 0.198. The maximum Gasteiger partial charge on any atom is 0.217 e. The Morgan fingerprint density at radius 1 is 1.47 bits per heavy atom. The number of piperidine rings is 1. The van der Waals surface area contributed by atoms with Crippen LogP contribution in [0.25, 0.3) is 0 Å². The molecule has 0 aromatic rings. The highest BCUT2D eigenvalue weighted by Gasteiger charge is 2.15. The predicted molar refractivity (Wildman–Crippen MR) is 61.5 cm³/mol. The van der Waals surface area contributed by atoms with Gasteiger partial charge in [0.05, 0.1) is 0 Å². The van der Waals surface area contributed by atoms with Crippen LogP contribution in [0.15, 0.2) is 0 Å². The van der Waals surface area contributed by atoms with Gasteiger partial charge in [-0.25, -0.2) is 0 Å². The van der Waals surface area contributed by atoms with Gasteiger partial charge in [-0.05, 0) is 58.4 Å². The van der Waals surface area contributed by atoms with E-state index >= 15 is 0 Å². The van der Waals surface area contributed by atoms with Gasteiger partial charge < -0.3 is 16.0 Å². The lowest BCUT2D eigenvalue weighted by Gasteiger charge is -2.29. The zero-order valence-corrected chi connectivity index (χ0v) is 9.67. The van der Waals surface area contributed by atoms with E-state index in [-0.39, 0.29) is 5.91 Å². The minimum atomic E-state index is -0.198. The van der Waals surface area contributed by atoms with Crippen LogP contribution in [-0.4, -0.2) is 44.0 Å². The van der Waals surface area contributed by atoms with Crippen molar-refractivity contribution in [3.63, 3.8) is 0 Å². The summed E-state index contributed by atoms with van der Waals surface area (Å²) < 4.78 is 0. The number of carbonyl (C=O) groups excluding carboxylic acids is 1. The quantitative estimate of drug-likeness (QED) is 0.619. The Kier molecular flexibility index (Phi) is 5.65. The maximum absolute atomic E-state index is 10.5. The second-order valence-corrected chi connectivity index (χ2v) is 4.52. The lowest BCUT2D eigenvalue weighted by molar-refractivity contribution is -0.118. The van der Waals surface area contributed by atoms with E-state index in [1.807, 2.05) is 0 Å². The first-order valence-electron chi connectivity index (χ1n) is 5.86. The highest BCUT2D eigenvalue weighted by atomic mass is 16.1. The molecule has 15 heavy (non-hydrogen) atoms. The molecule has 1 rings (SSSR count). The Morgan fingerprint density at radius 3 is 2.73 bits per heavy atom. The number of carbonyl (C=O) groups is 1. The van der Waals surface area contributed by atoms with E-state index < -0.39 is 0 Å². The number of hydrogen-bond acceptors (Lipinski definition) is 3. The van der Waals surface area contributed by atoms with Gasteiger partial charge in [0.1, 0.15) is 0 Å². The van der Waals surface area contributed by atoms with E-state index in [0.717, 1.165) is 25.4 Å². The summed E-state index contributed by atoms with van der Waals surface area (Å²) in [6, 6.07) is 0. The Labute approximate surface area is 92.2 Å². The molecule has 88 valence electrons. The van der Waals surface area contributed by atoms with Crippen LogP contribution in [0.5, 0.6) is 0 Å². The van der Waals surface area contributed by atoms with Crippen LogP contribution in [0.2, 0.25) is 0 Å². The summed E-state index contributed by atoms with van der Waals surface area (Å²) in [5, 5.41) is 3.40. The van der Waals surface area contributed by atoms with Crippen LogP contribution in [0.3, 0.4) is 0 Å². The number of rotatable bonds is 6. The first kappa shape index (κ1) is 12.5. The zero-order valence-electron chi connectivity index (χ0n) is 9.67. The molecule has 0 saturated carbocycles. The summed E-state index contributed by atoms with van der Waals surface area (Å²) in [5.74, 6) is 0.617. The van der Waals surface area contributed by atoms with E-state index in [2.05, 4.69) is 17.3 Å². The van der Waals surface area contributed by atoms with Crippen molar-refractivity contribution >= 4 is 5.91 Å². The summed E-state index contributed by atoms with van der Waals surface area (Å²) in [6.45, 7) is 4.43. The van der Waals surface area contributed by atoms with Crippen molar-refractivity contribution < 1.29 is 4.79 Å². The van der Waals surface area contributed by atoms with Crippen LogP contribution in [0.1, 0.15) is 25.7 Å². The first-order valence-corrected chi connectivity index (χ1v) is 5.86. The average molecular weight is 213 g/mol. The summed E-state index contributed by atoms with van der Waals surface area (Å²) in [6.07, 6.45) is 3.95. The summed E-state index contributed by atoms with van der Waals surface area (Å²) >= 11 is 0. The molecule has 1 fully saturated rings. The van der Waals surface area contributed by atoms with E-state index in [4.69, 9.17) is 5.73 Å². The van der Waals surface area contributed by atoms with Crippen LogP contribution in [-0.2, 0) is 4.79 Å². The third kappa shape index (κ3) is 5.74. The zero-order chi connectivity index (χ0) is 11.1. The standard InChI is InChI=1S/C11H23N3O/c1-14-7-4-10(5-8-14)9-13-6-2-3-11(12)15/h10,13H,2-9H2,1H3,(H2,12,15). The van der Waals surface area contributed by atoms with Crippen LogP contribution < -0.4 is 11.1 Å². The molecular formula is C11H23N3O. The molecule has 0 radical (unpaired) electrons. The van der Waals surface area contributed by atoms with Gasteiger partial charge in [0.15, 0.2) is 0 Å². The van der Waals surface area contributed by atoms with Crippen molar-refractivity contribution in [1.82, 2.24) is 10.2 Å². The second kappa shape index (κ2) is 6.80. The molecule has 4 nitrogen and oxygen atoms in total. The monoisotopic (exact) mass is 213 g/mol. The van der Waals surface area contributed by atoms with Gasteiger partial charge in [-0.2, -0.15) is 0 Å². The van der Waals surface area contributed by atoms with E-state index in [9.17, 15) is 4.79 Å². The largest absolute Gasteiger partial charge is 0.370 e. The molecule has 1 saturated heterocycles. The number of nitrogens with one attached hydrogen (secondary N) is 1. The SMILES string of the molecule is CN1CCC(CNCCCC(N)=O)CC1. The molecule has 1 aliphatic rings. The Bertz CT molecular complexity index is 188. The number of amides is 1. The highest BCUT2D eigenvalue weighted by molar-refractivity contribution is 5.73. The van der Waals surface area contributed by atoms with Gasteiger partial charge in [0.25, 0.3) is 0 Å². The molecule has 1 heterocycles. The van der Waals surface area contributed by atoms with E-state index in [1.165, 1.54) is 25.9 Å². The van der Waals surface area contributed by atoms with Gasteiger partial charge in [0, 0.05) is 6.42 Å². The number of primary amides is 1. The Balaban J connectivity index is 1.94. The van der Waals surface area contributed by atoms with Crippen molar-refractivity contribution in [2.24, 2.45) is 11.7 Å². The molecule has 0 atom stereocenters. The molecule has 1 amide bonds. The maximum atomic E-state index is 10.5. The molecule has 0 aromatic carbocycles. The second-order valence-electron chi connectivity index (χ2n) is 4.52. The van der Waals surface area contributed by atoms with Crippen molar-refractivity contribution in [1.29, 1.82) is 0 Å². The normalized spacial score (nSPS) is 19.3. The third-order valence-electron chi connectivity index (χ3n) is 3.05. The fourth-order valence-corrected chi connectivity index (χ4v) is 1.96. The highest BCUT2D eigenvalue weighted by Crippen LogP contribution is 2.14. The molecule has 4 heteroatoms. The lowest BCUT2D eigenvalue weighted by atomic mass is 9.97. The molecule has 0 aliphatic carbocycles. The van der Waals surface area contributed by atoms with Crippen molar-refractivity contribution in [2.45, 2.75) is 25.7 Å². The van der Waals surface area contributed by atoms with Gasteiger partial charge >= 0.3 is 0 Å². The Hall–Kier alpha value is -0.610. The van der Waals surface area contributed by atoms with Crippen LogP contribution >= 0.6 is 0 Å². The van der Waals surface area contributed by atoms with E-state index in [0.29, 0.717) is 6.42 Å². The topological polar surface area (TPSA) is 58.4 Å². The number of nitrogens with two attached hydrogens (primary N) is 1. The molecule has 0 spiro atoms. The van der Waals surface area contributed by atoms with Gasteiger partial charge in [0.2, 0.25) is 5.91 Å². The van der Waals surface area contributed by atoms with Crippen LogP contribution in [0, 0.1) is 5.92 Å². The third-order valence-corrected chi connectivity index (χ3v) is 3.05. The lowest BCUT2D eigenvalue weighted by Crippen LogP contribution is -2.35. The molecule has 3 N–H and O–H groups in total. The number of likely N-dealkylation sites (tertiary alicyclic amines) is 1. The molecule has 0 aromatic heterocycles. The smallest absolute Gasteiger partial charge is 0.217 e. The van der Waals surface area contributed by atoms with E-state index in [1.54, 1.807) is 0 Å². The van der Waals surface area contributed by atoms with Gasteiger partial charge in [-0.3, -0.25) is 4.79 Å². The fraction of sp³-hybridized carbons (Fsp3) is 0.909. The van der Waals surface area contributed by atoms with Gasteiger partial charge in [-0.1, -0.05) is 0 Å². The molecule has 0 unspecified atom stereocenters. The molecular weight excluding hydrogens is 190 g/mol. The van der Waals surface area contributed by atoms with Crippen LogP contribution in [0.4, 0.5) is 0 Å². The minimum Gasteiger partial charge on any atom is -0.370 e. The fourth-order valence-electron chi connectivity index (χ4n) is 1.96. The Morgan fingerprint density at radius 2 is 2.13 bits per heavy atom. The average Bonchev–Trinajstić information content (AvgIpc) is 2.20. The summed E-state index contributed by atoms with van der Waals surface area (Å²) in [7, 11) is 2.18. The number of hydrogen-bond donors (Lipinski definition) is 2. The van der Waals surface area contributed by atoms with Crippen molar-refractivity contribution in [3.8, 4) is 0 Å². The number of nitrogens with zero attached hydrogens (tertiary/aromatic N) is 1. The summed E-state index contributed by atoms with van der Waals surface area (Å²) in [5.41, 5.74) is 5.06. The molecule has 0 bridgehead atoms. The van der Waals surface area contributed by atoms with Crippen molar-refractivity contribution in [3.05, 3.63) is 0 Å². The van der Waals surface area contributed by atoms with Crippen molar-refractivity contribution in [2.75, 3.05) is 33.2 Å². The van der Waals surface area contributed by atoms with Gasteiger partial charge in [-0.15, -0.1) is 0 Å². The summed E-state index contributed by atoms with van der Waals surface area (Å²) in [4.78, 5) is 12.9. The predicted octanol–water partition coefficient (Wildman–Crippen LogP) is 0.183. The first-order chi connectivity index (χ1) is 7.18.